The number of hydrogen-bond acceptors (Lipinski definition) is 1. The molecule has 0 aliphatic carbocycles. The molecule has 0 fully saturated rings. The van der Waals surface area contributed by atoms with Gasteiger partial charge in [0.15, 0.2) is 0 Å². The van der Waals surface area contributed by atoms with Gasteiger partial charge in [0, 0.05) is 12.4 Å². The van der Waals surface area contributed by atoms with Crippen LogP contribution in [0.4, 0.5) is 0 Å². The molecule has 2 rings (SSSR count). The van der Waals surface area contributed by atoms with Crippen molar-refractivity contribution < 1.29 is 0 Å². The van der Waals surface area contributed by atoms with Crippen LogP contribution < -0.4 is 0 Å². The minimum Gasteiger partial charge on any atom is -0.265 e. The highest BCUT2D eigenvalue weighted by molar-refractivity contribution is 5.25. The second kappa shape index (κ2) is 4.74. The Morgan fingerprint density at radius 2 is 1.33 bits per heavy atom. The molecule has 1 nitrogen and oxygen atoms in total. The standard InChI is InChI=1S/C14H14N/c1-12-2-4-13(5-3-12)6-7-14-8-10-15-11-9-14/h2-5,8-11H,1,6-7H2. The third-order valence-electron chi connectivity index (χ3n) is 2.47. The molecule has 0 saturated heterocycles. The maximum atomic E-state index is 4.00. The lowest BCUT2D eigenvalue weighted by atomic mass is 10.0. The first-order valence-corrected chi connectivity index (χ1v) is 5.14. The molecule has 1 radical (unpaired) electrons. The monoisotopic (exact) mass is 196 g/mol. The number of pyridine rings is 1. The van der Waals surface area contributed by atoms with E-state index in [1.54, 1.807) is 0 Å². The molecule has 75 valence electrons. The van der Waals surface area contributed by atoms with E-state index in [-0.39, 0.29) is 0 Å². The average Bonchev–Trinajstić information content (AvgIpc) is 2.30. The zero-order valence-corrected chi connectivity index (χ0v) is 8.69. The molecule has 0 bridgehead atoms. The molecule has 2 aromatic rings. The Labute approximate surface area is 90.8 Å². The maximum Gasteiger partial charge on any atom is 0.0270 e. The molecule has 1 aromatic heterocycles. The van der Waals surface area contributed by atoms with Crippen LogP contribution >= 0.6 is 0 Å². The summed E-state index contributed by atoms with van der Waals surface area (Å²) in [7, 11) is 0. The molecule has 1 heteroatoms. The molecule has 1 heterocycles. The van der Waals surface area contributed by atoms with Crippen molar-refractivity contribution in [3.05, 3.63) is 72.4 Å². The van der Waals surface area contributed by atoms with Crippen LogP contribution in [0.25, 0.3) is 0 Å². The predicted octanol–water partition coefficient (Wildman–Crippen LogP) is 3.05. The Morgan fingerprint density at radius 1 is 0.800 bits per heavy atom. The van der Waals surface area contributed by atoms with Crippen LogP contribution in [0.1, 0.15) is 16.7 Å². The van der Waals surface area contributed by atoms with Crippen LogP contribution in [0.5, 0.6) is 0 Å². The van der Waals surface area contributed by atoms with E-state index in [2.05, 4.69) is 48.3 Å². The molecule has 1 aromatic carbocycles. The quantitative estimate of drug-likeness (QED) is 0.735. The van der Waals surface area contributed by atoms with Gasteiger partial charge in [-0.25, -0.2) is 0 Å². The van der Waals surface area contributed by atoms with Gasteiger partial charge in [0.05, 0.1) is 0 Å². The number of aromatic nitrogens is 1. The van der Waals surface area contributed by atoms with Crippen LogP contribution in [-0.4, -0.2) is 4.98 Å². The second-order valence-electron chi connectivity index (χ2n) is 3.67. The van der Waals surface area contributed by atoms with Crippen molar-refractivity contribution >= 4 is 0 Å². The van der Waals surface area contributed by atoms with Gasteiger partial charge in [0.2, 0.25) is 0 Å². The summed E-state index contributed by atoms with van der Waals surface area (Å²) >= 11 is 0. The van der Waals surface area contributed by atoms with Crippen LogP contribution in [-0.2, 0) is 12.8 Å². The molecule has 0 amide bonds. The number of rotatable bonds is 3. The SMILES string of the molecule is [CH2]c1ccc(CCc2ccncc2)cc1. The van der Waals surface area contributed by atoms with Crippen molar-refractivity contribution in [3.8, 4) is 0 Å². The van der Waals surface area contributed by atoms with Crippen molar-refractivity contribution in [1.29, 1.82) is 0 Å². The Morgan fingerprint density at radius 3 is 1.93 bits per heavy atom. The van der Waals surface area contributed by atoms with E-state index < -0.39 is 0 Å². The van der Waals surface area contributed by atoms with Gasteiger partial charge in [-0.2, -0.15) is 0 Å². The van der Waals surface area contributed by atoms with Crippen LogP contribution in [0, 0.1) is 6.92 Å². The van der Waals surface area contributed by atoms with E-state index in [1.807, 2.05) is 12.4 Å². The summed E-state index contributed by atoms with van der Waals surface area (Å²) in [6.07, 6.45) is 5.83. The molecule has 0 unspecified atom stereocenters. The maximum absolute atomic E-state index is 4.00. The topological polar surface area (TPSA) is 12.9 Å². The highest BCUT2D eigenvalue weighted by Crippen LogP contribution is 2.07. The highest BCUT2D eigenvalue weighted by Gasteiger charge is 1.94. The average molecular weight is 196 g/mol. The second-order valence-corrected chi connectivity index (χ2v) is 3.67. The normalized spacial score (nSPS) is 10.2. The fourth-order valence-corrected chi connectivity index (χ4v) is 1.54. The van der Waals surface area contributed by atoms with Crippen LogP contribution in [0.3, 0.4) is 0 Å². The van der Waals surface area contributed by atoms with Crippen molar-refractivity contribution in [1.82, 2.24) is 4.98 Å². The zero-order chi connectivity index (χ0) is 10.5. The fraction of sp³-hybridized carbons (Fsp3) is 0.143. The van der Waals surface area contributed by atoms with E-state index >= 15 is 0 Å². The lowest BCUT2D eigenvalue weighted by Crippen LogP contribution is -1.91. The molecule has 0 saturated carbocycles. The van der Waals surface area contributed by atoms with Gasteiger partial charge in [-0.05, 0) is 48.6 Å². The number of hydrogen-bond donors (Lipinski definition) is 0. The van der Waals surface area contributed by atoms with Crippen molar-refractivity contribution in [2.75, 3.05) is 0 Å². The molecular weight excluding hydrogens is 182 g/mol. The summed E-state index contributed by atoms with van der Waals surface area (Å²) < 4.78 is 0. The Hall–Kier alpha value is -1.63. The number of aryl methyl sites for hydroxylation is 2. The van der Waals surface area contributed by atoms with Crippen molar-refractivity contribution in [2.24, 2.45) is 0 Å². The van der Waals surface area contributed by atoms with Gasteiger partial charge in [0.1, 0.15) is 0 Å². The van der Waals surface area contributed by atoms with Crippen molar-refractivity contribution in [3.63, 3.8) is 0 Å². The summed E-state index contributed by atoms with van der Waals surface area (Å²) in [6.45, 7) is 3.87. The van der Waals surface area contributed by atoms with E-state index in [1.165, 1.54) is 11.1 Å². The summed E-state index contributed by atoms with van der Waals surface area (Å²) in [6, 6.07) is 12.5. The van der Waals surface area contributed by atoms with E-state index in [0.29, 0.717) is 0 Å². The van der Waals surface area contributed by atoms with Gasteiger partial charge >= 0.3 is 0 Å². The predicted molar refractivity (Wildman–Crippen MR) is 62.5 cm³/mol. The molecule has 0 aliphatic rings. The molecular formula is C14H14N. The highest BCUT2D eigenvalue weighted by atomic mass is 14.6. The van der Waals surface area contributed by atoms with Crippen LogP contribution in [0.15, 0.2) is 48.8 Å². The van der Waals surface area contributed by atoms with E-state index in [0.717, 1.165) is 18.4 Å². The number of nitrogens with zero attached hydrogens (tertiary/aromatic N) is 1. The molecule has 0 N–H and O–H groups in total. The van der Waals surface area contributed by atoms with Crippen molar-refractivity contribution in [2.45, 2.75) is 12.8 Å². The lowest BCUT2D eigenvalue weighted by Gasteiger charge is -2.02. The van der Waals surface area contributed by atoms with E-state index in [9.17, 15) is 0 Å². The van der Waals surface area contributed by atoms with E-state index in [4.69, 9.17) is 0 Å². The summed E-state index contributed by atoms with van der Waals surface area (Å²) in [4.78, 5) is 4.00. The van der Waals surface area contributed by atoms with Gasteiger partial charge in [0.25, 0.3) is 0 Å². The molecule has 0 aliphatic heterocycles. The first kappa shape index (κ1) is 9.91. The summed E-state index contributed by atoms with van der Waals surface area (Å²) in [5.74, 6) is 0. The fourth-order valence-electron chi connectivity index (χ4n) is 1.54. The largest absolute Gasteiger partial charge is 0.265 e. The Kier molecular flexibility index (Phi) is 3.13. The lowest BCUT2D eigenvalue weighted by molar-refractivity contribution is 0.955. The summed E-state index contributed by atoms with van der Waals surface area (Å²) in [5, 5.41) is 0. The van der Waals surface area contributed by atoms with Gasteiger partial charge in [-0.3, -0.25) is 4.98 Å². The minimum atomic E-state index is 1.07. The van der Waals surface area contributed by atoms with Gasteiger partial charge in [-0.1, -0.05) is 24.3 Å². The molecule has 0 atom stereocenters. The third kappa shape index (κ3) is 2.91. The Balaban J connectivity index is 1.96. The third-order valence-corrected chi connectivity index (χ3v) is 2.47. The summed E-state index contributed by atoms with van der Waals surface area (Å²) in [5.41, 5.74) is 3.77. The Bertz CT molecular complexity index is 403. The first-order chi connectivity index (χ1) is 7.34. The first-order valence-electron chi connectivity index (χ1n) is 5.14. The van der Waals surface area contributed by atoms with Gasteiger partial charge < -0.3 is 0 Å². The smallest absolute Gasteiger partial charge is 0.0270 e. The minimum absolute atomic E-state index is 1.07. The molecule has 0 spiro atoms. The zero-order valence-electron chi connectivity index (χ0n) is 8.69. The van der Waals surface area contributed by atoms with Gasteiger partial charge in [-0.15, -0.1) is 0 Å². The van der Waals surface area contributed by atoms with Crippen LogP contribution in [0.2, 0.25) is 0 Å². The number of benzene rings is 1. The molecule has 15 heavy (non-hydrogen) atoms.